The van der Waals surface area contributed by atoms with Gasteiger partial charge < -0.3 is 9.52 Å². The molecule has 0 aliphatic rings. The van der Waals surface area contributed by atoms with E-state index in [1.807, 2.05) is 18.2 Å². The first-order chi connectivity index (χ1) is 6.68. The molecule has 1 unspecified atom stereocenters. The molecular weight excluding hydrogens is 180 g/mol. The Kier molecular flexibility index (Phi) is 2.09. The van der Waals surface area contributed by atoms with E-state index in [1.165, 1.54) is 6.92 Å². The Balaban J connectivity index is 2.50. The van der Waals surface area contributed by atoms with Gasteiger partial charge in [-0.1, -0.05) is 18.2 Å². The lowest BCUT2D eigenvalue weighted by atomic mass is 10.2. The molecular formula is C11H10O3. The summed E-state index contributed by atoms with van der Waals surface area (Å²) in [6, 6.07) is 9.07. The monoisotopic (exact) mass is 190 g/mol. The smallest absolute Gasteiger partial charge is 0.169 e. The summed E-state index contributed by atoms with van der Waals surface area (Å²) >= 11 is 0. The Bertz CT molecular complexity index is 437. The fraction of sp³-hybridized carbons (Fsp3) is 0.182. The van der Waals surface area contributed by atoms with Crippen LogP contribution in [0.2, 0.25) is 0 Å². The molecule has 72 valence electrons. The van der Waals surface area contributed by atoms with Gasteiger partial charge in [0.15, 0.2) is 11.9 Å². The number of ketones is 1. The third-order valence-corrected chi connectivity index (χ3v) is 2.10. The number of hydrogen-bond acceptors (Lipinski definition) is 3. The van der Waals surface area contributed by atoms with Crippen LogP contribution in [0.4, 0.5) is 0 Å². The minimum absolute atomic E-state index is 0.304. The van der Waals surface area contributed by atoms with Crippen molar-refractivity contribution in [3.63, 3.8) is 0 Å². The van der Waals surface area contributed by atoms with Crippen molar-refractivity contribution in [2.24, 2.45) is 0 Å². The topological polar surface area (TPSA) is 50.4 Å². The molecule has 0 aliphatic carbocycles. The largest absolute Gasteiger partial charge is 0.458 e. The van der Waals surface area contributed by atoms with Crippen molar-refractivity contribution in [1.82, 2.24) is 0 Å². The zero-order valence-electron chi connectivity index (χ0n) is 7.73. The van der Waals surface area contributed by atoms with E-state index in [2.05, 4.69) is 0 Å². The molecule has 3 nitrogen and oxygen atoms in total. The van der Waals surface area contributed by atoms with Crippen LogP contribution < -0.4 is 0 Å². The molecule has 0 bridgehead atoms. The highest BCUT2D eigenvalue weighted by molar-refractivity contribution is 5.84. The minimum atomic E-state index is -1.15. The van der Waals surface area contributed by atoms with Crippen molar-refractivity contribution in [2.45, 2.75) is 13.0 Å². The van der Waals surface area contributed by atoms with Gasteiger partial charge in [-0.3, -0.25) is 4.79 Å². The number of carbonyl (C=O) groups excluding carboxylic acids is 1. The molecule has 0 saturated heterocycles. The summed E-state index contributed by atoms with van der Waals surface area (Å²) in [5.74, 6) is -0.0113. The van der Waals surface area contributed by atoms with Crippen molar-refractivity contribution in [3.05, 3.63) is 36.1 Å². The summed E-state index contributed by atoms with van der Waals surface area (Å²) in [7, 11) is 0. The Morgan fingerprint density at radius 3 is 2.79 bits per heavy atom. The van der Waals surface area contributed by atoms with Crippen LogP contribution in [-0.2, 0) is 4.79 Å². The Morgan fingerprint density at radius 2 is 2.14 bits per heavy atom. The lowest BCUT2D eigenvalue weighted by molar-refractivity contribution is -0.125. The van der Waals surface area contributed by atoms with E-state index in [0.717, 1.165) is 5.39 Å². The van der Waals surface area contributed by atoms with E-state index < -0.39 is 6.10 Å². The van der Waals surface area contributed by atoms with Gasteiger partial charge in [0.05, 0.1) is 0 Å². The van der Waals surface area contributed by atoms with Crippen molar-refractivity contribution in [1.29, 1.82) is 0 Å². The summed E-state index contributed by atoms with van der Waals surface area (Å²) in [6.45, 7) is 1.33. The highest BCUT2D eigenvalue weighted by atomic mass is 16.4. The number of aliphatic hydroxyl groups is 1. The number of carbonyl (C=O) groups is 1. The predicted molar refractivity (Wildman–Crippen MR) is 51.9 cm³/mol. The van der Waals surface area contributed by atoms with Crippen LogP contribution >= 0.6 is 0 Å². The summed E-state index contributed by atoms with van der Waals surface area (Å²) in [6.07, 6.45) is -1.15. The lowest BCUT2D eigenvalue weighted by Crippen LogP contribution is -2.05. The third-order valence-electron chi connectivity index (χ3n) is 2.10. The molecule has 1 aromatic carbocycles. The molecule has 0 radical (unpaired) electrons. The number of fused-ring (bicyclic) bond motifs is 1. The number of furan rings is 1. The summed E-state index contributed by atoms with van der Waals surface area (Å²) in [4.78, 5) is 10.9. The van der Waals surface area contributed by atoms with Gasteiger partial charge in [-0.2, -0.15) is 0 Å². The normalized spacial score (nSPS) is 13.0. The highest BCUT2D eigenvalue weighted by Gasteiger charge is 2.17. The van der Waals surface area contributed by atoms with Gasteiger partial charge in [0.2, 0.25) is 0 Å². The summed E-state index contributed by atoms with van der Waals surface area (Å²) in [5.41, 5.74) is 0.683. The van der Waals surface area contributed by atoms with Crippen LogP contribution in [0, 0.1) is 0 Å². The molecule has 0 spiro atoms. The van der Waals surface area contributed by atoms with E-state index >= 15 is 0 Å². The van der Waals surface area contributed by atoms with Crippen LogP contribution in [-0.4, -0.2) is 10.9 Å². The van der Waals surface area contributed by atoms with Crippen LogP contribution in [0.5, 0.6) is 0 Å². The van der Waals surface area contributed by atoms with E-state index in [4.69, 9.17) is 4.42 Å². The van der Waals surface area contributed by atoms with Crippen molar-refractivity contribution >= 4 is 16.8 Å². The van der Waals surface area contributed by atoms with Crippen LogP contribution in [0.1, 0.15) is 18.8 Å². The first-order valence-electron chi connectivity index (χ1n) is 4.35. The molecule has 0 amide bonds. The second-order valence-corrected chi connectivity index (χ2v) is 3.20. The first-order valence-corrected chi connectivity index (χ1v) is 4.35. The number of Topliss-reactive ketones (excluding diaryl/α,β-unsaturated/α-hetero) is 1. The average molecular weight is 190 g/mol. The summed E-state index contributed by atoms with van der Waals surface area (Å²) < 4.78 is 5.32. The van der Waals surface area contributed by atoms with E-state index in [9.17, 15) is 9.90 Å². The maximum absolute atomic E-state index is 10.9. The number of aliphatic hydroxyl groups excluding tert-OH is 1. The molecule has 1 heterocycles. The highest BCUT2D eigenvalue weighted by Crippen LogP contribution is 2.23. The van der Waals surface area contributed by atoms with Gasteiger partial charge in [0.25, 0.3) is 0 Å². The van der Waals surface area contributed by atoms with Gasteiger partial charge >= 0.3 is 0 Å². The van der Waals surface area contributed by atoms with E-state index in [-0.39, 0.29) is 5.78 Å². The van der Waals surface area contributed by atoms with Crippen molar-refractivity contribution < 1.29 is 14.3 Å². The van der Waals surface area contributed by atoms with Gasteiger partial charge in [-0.15, -0.1) is 0 Å². The molecule has 3 heteroatoms. The van der Waals surface area contributed by atoms with Crippen molar-refractivity contribution in [3.8, 4) is 0 Å². The Hall–Kier alpha value is -1.61. The molecule has 1 atom stereocenters. The predicted octanol–water partition coefficient (Wildman–Crippen LogP) is 2.06. The third kappa shape index (κ3) is 1.42. The molecule has 0 saturated carbocycles. The lowest BCUT2D eigenvalue weighted by Gasteiger charge is -2.00. The fourth-order valence-electron chi connectivity index (χ4n) is 1.34. The number of rotatable bonds is 2. The second-order valence-electron chi connectivity index (χ2n) is 3.20. The van der Waals surface area contributed by atoms with Gasteiger partial charge in [-0.25, -0.2) is 0 Å². The van der Waals surface area contributed by atoms with Crippen LogP contribution in [0.3, 0.4) is 0 Å². The number of hydrogen-bond donors (Lipinski definition) is 1. The summed E-state index contributed by atoms with van der Waals surface area (Å²) in [5, 5.41) is 10.3. The van der Waals surface area contributed by atoms with Crippen molar-refractivity contribution in [2.75, 3.05) is 0 Å². The zero-order chi connectivity index (χ0) is 10.1. The van der Waals surface area contributed by atoms with Gasteiger partial charge in [0.1, 0.15) is 11.3 Å². The van der Waals surface area contributed by atoms with Gasteiger partial charge in [-0.05, 0) is 19.1 Å². The van der Waals surface area contributed by atoms with E-state index in [0.29, 0.717) is 11.3 Å². The number of benzene rings is 1. The minimum Gasteiger partial charge on any atom is -0.458 e. The Labute approximate surface area is 81.0 Å². The number of para-hydroxylation sites is 1. The quantitative estimate of drug-likeness (QED) is 0.788. The first kappa shape index (κ1) is 8.97. The standard InChI is InChI=1S/C11H10O3/c1-7(12)11(13)10-6-8-4-2-3-5-9(8)14-10/h2-6,11,13H,1H3. The molecule has 1 N–H and O–H groups in total. The SMILES string of the molecule is CC(=O)C(O)c1cc2ccccc2o1. The maximum Gasteiger partial charge on any atom is 0.169 e. The zero-order valence-corrected chi connectivity index (χ0v) is 7.73. The fourth-order valence-corrected chi connectivity index (χ4v) is 1.34. The molecule has 0 fully saturated rings. The molecule has 1 aromatic heterocycles. The second kappa shape index (κ2) is 3.27. The molecule has 14 heavy (non-hydrogen) atoms. The van der Waals surface area contributed by atoms with E-state index in [1.54, 1.807) is 12.1 Å². The molecule has 2 rings (SSSR count). The Morgan fingerprint density at radius 1 is 1.43 bits per heavy atom. The van der Waals surface area contributed by atoms with Crippen LogP contribution in [0.15, 0.2) is 34.7 Å². The van der Waals surface area contributed by atoms with Crippen LogP contribution in [0.25, 0.3) is 11.0 Å². The maximum atomic E-state index is 10.9. The molecule has 0 aliphatic heterocycles. The van der Waals surface area contributed by atoms with Gasteiger partial charge in [0, 0.05) is 5.39 Å². The molecule has 2 aromatic rings. The average Bonchev–Trinajstić information content (AvgIpc) is 2.59.